The van der Waals surface area contributed by atoms with Gasteiger partial charge in [0.2, 0.25) is 5.91 Å². The number of aryl methyl sites for hydroxylation is 3. The lowest BCUT2D eigenvalue weighted by atomic mass is 10.1. The number of anilines is 1. The maximum Gasteiger partial charge on any atom is 0.227 e. The molecular formula is C29H31N3O3. The van der Waals surface area contributed by atoms with Crippen molar-refractivity contribution in [2.75, 3.05) is 18.1 Å². The number of amides is 1. The molecule has 0 radical (unpaired) electrons. The molecule has 1 aliphatic heterocycles. The summed E-state index contributed by atoms with van der Waals surface area (Å²) in [6.07, 6.45) is -0.329. The molecule has 0 spiro atoms. The monoisotopic (exact) mass is 469 g/mol. The van der Waals surface area contributed by atoms with Gasteiger partial charge in [0.25, 0.3) is 0 Å². The molecule has 1 amide bonds. The topological polar surface area (TPSA) is 67.6 Å². The number of hydrogen-bond donors (Lipinski definition) is 1. The van der Waals surface area contributed by atoms with E-state index in [1.54, 1.807) is 0 Å². The van der Waals surface area contributed by atoms with Crippen LogP contribution in [0.4, 0.5) is 5.69 Å². The minimum Gasteiger partial charge on any atom is -0.491 e. The first kappa shape index (κ1) is 23.1. The van der Waals surface area contributed by atoms with Crippen LogP contribution in [0.15, 0.2) is 66.7 Å². The van der Waals surface area contributed by atoms with E-state index in [2.05, 4.69) is 11.5 Å². The SMILES string of the molecule is Cc1cccc(N2C[C@@H](c3nc4ccccc4n3C[C@@H](O)COc3ccc(C)c(C)c3)CC2=O)c1. The molecule has 1 aliphatic rings. The first-order chi connectivity index (χ1) is 16.9. The van der Waals surface area contributed by atoms with Crippen molar-refractivity contribution in [3.8, 4) is 5.75 Å². The second-order valence-corrected chi connectivity index (χ2v) is 9.52. The third kappa shape index (κ3) is 4.80. The smallest absolute Gasteiger partial charge is 0.227 e. The Morgan fingerprint density at radius 2 is 1.86 bits per heavy atom. The number of aliphatic hydroxyl groups excluding tert-OH is 1. The number of carbonyl (C=O) groups is 1. The lowest BCUT2D eigenvalue weighted by molar-refractivity contribution is -0.117. The molecule has 2 heterocycles. The van der Waals surface area contributed by atoms with Gasteiger partial charge in [0.15, 0.2) is 0 Å². The van der Waals surface area contributed by atoms with Gasteiger partial charge in [0.1, 0.15) is 24.3 Å². The number of para-hydroxylation sites is 2. The zero-order valence-electron chi connectivity index (χ0n) is 20.4. The molecule has 5 rings (SSSR count). The predicted molar refractivity (Wildman–Crippen MR) is 138 cm³/mol. The Morgan fingerprint density at radius 1 is 1.03 bits per heavy atom. The molecule has 6 heteroatoms. The van der Waals surface area contributed by atoms with Crippen LogP contribution in [0.3, 0.4) is 0 Å². The largest absolute Gasteiger partial charge is 0.491 e. The van der Waals surface area contributed by atoms with Crippen molar-refractivity contribution >= 4 is 22.6 Å². The van der Waals surface area contributed by atoms with Crippen LogP contribution in [-0.2, 0) is 11.3 Å². The minimum atomic E-state index is -0.724. The first-order valence-corrected chi connectivity index (χ1v) is 12.1. The summed E-state index contributed by atoms with van der Waals surface area (Å²) >= 11 is 0. The van der Waals surface area contributed by atoms with Crippen molar-refractivity contribution in [1.29, 1.82) is 0 Å². The maximum absolute atomic E-state index is 12.9. The van der Waals surface area contributed by atoms with Crippen LogP contribution in [0, 0.1) is 20.8 Å². The fourth-order valence-corrected chi connectivity index (χ4v) is 4.78. The Balaban J connectivity index is 1.37. The molecule has 2 atom stereocenters. The maximum atomic E-state index is 12.9. The molecule has 180 valence electrons. The summed E-state index contributed by atoms with van der Waals surface area (Å²) in [6.45, 7) is 7.23. The average molecular weight is 470 g/mol. The van der Waals surface area contributed by atoms with E-state index in [9.17, 15) is 9.90 Å². The van der Waals surface area contributed by atoms with E-state index < -0.39 is 6.10 Å². The van der Waals surface area contributed by atoms with Crippen LogP contribution in [0.5, 0.6) is 5.75 Å². The van der Waals surface area contributed by atoms with Gasteiger partial charge in [-0.05, 0) is 73.9 Å². The Kier molecular flexibility index (Phi) is 6.31. The van der Waals surface area contributed by atoms with E-state index in [4.69, 9.17) is 9.72 Å². The Morgan fingerprint density at radius 3 is 2.66 bits per heavy atom. The van der Waals surface area contributed by atoms with Gasteiger partial charge in [0, 0.05) is 24.6 Å². The number of carbonyl (C=O) groups excluding carboxylic acids is 1. The van der Waals surface area contributed by atoms with Gasteiger partial charge in [-0.15, -0.1) is 0 Å². The molecule has 3 aromatic carbocycles. The van der Waals surface area contributed by atoms with E-state index in [1.807, 2.05) is 85.5 Å². The highest BCUT2D eigenvalue weighted by Crippen LogP contribution is 2.33. The van der Waals surface area contributed by atoms with E-state index in [0.29, 0.717) is 19.5 Å². The van der Waals surface area contributed by atoms with Crippen molar-refractivity contribution in [2.24, 2.45) is 0 Å². The van der Waals surface area contributed by atoms with Gasteiger partial charge in [-0.25, -0.2) is 4.98 Å². The summed E-state index contributed by atoms with van der Waals surface area (Å²) < 4.78 is 7.94. The number of hydrogen-bond acceptors (Lipinski definition) is 4. The number of rotatable bonds is 7. The predicted octanol–water partition coefficient (Wildman–Crippen LogP) is 4.92. The zero-order valence-corrected chi connectivity index (χ0v) is 20.4. The molecular weight excluding hydrogens is 438 g/mol. The zero-order chi connectivity index (χ0) is 24.5. The van der Waals surface area contributed by atoms with E-state index in [0.717, 1.165) is 39.4 Å². The van der Waals surface area contributed by atoms with Crippen molar-refractivity contribution in [3.63, 3.8) is 0 Å². The second-order valence-electron chi connectivity index (χ2n) is 9.52. The molecule has 4 aromatic rings. The van der Waals surface area contributed by atoms with Gasteiger partial charge >= 0.3 is 0 Å². The lowest BCUT2D eigenvalue weighted by Crippen LogP contribution is -2.26. The summed E-state index contributed by atoms with van der Waals surface area (Å²) in [4.78, 5) is 19.7. The first-order valence-electron chi connectivity index (χ1n) is 12.1. The summed E-state index contributed by atoms with van der Waals surface area (Å²) in [6, 6.07) is 21.9. The van der Waals surface area contributed by atoms with Gasteiger partial charge in [-0.3, -0.25) is 4.79 Å². The average Bonchev–Trinajstić information content (AvgIpc) is 3.40. The van der Waals surface area contributed by atoms with E-state index >= 15 is 0 Å². The van der Waals surface area contributed by atoms with Gasteiger partial charge < -0.3 is 19.3 Å². The number of ether oxygens (including phenoxy) is 1. The van der Waals surface area contributed by atoms with Gasteiger partial charge in [0.05, 0.1) is 17.6 Å². The molecule has 0 saturated carbocycles. The van der Waals surface area contributed by atoms with Gasteiger partial charge in [-0.1, -0.05) is 30.3 Å². The highest BCUT2D eigenvalue weighted by molar-refractivity contribution is 5.96. The summed E-state index contributed by atoms with van der Waals surface area (Å²) in [5.41, 5.74) is 6.22. The second kappa shape index (κ2) is 9.55. The third-order valence-electron chi connectivity index (χ3n) is 6.80. The summed E-state index contributed by atoms with van der Waals surface area (Å²) in [7, 11) is 0. The molecule has 0 unspecified atom stereocenters. The van der Waals surface area contributed by atoms with Crippen molar-refractivity contribution in [2.45, 2.75) is 45.8 Å². The number of aromatic nitrogens is 2. The fraction of sp³-hybridized carbons (Fsp3) is 0.310. The number of benzene rings is 3. The summed E-state index contributed by atoms with van der Waals surface area (Å²) in [5.74, 6) is 1.62. The molecule has 1 fully saturated rings. The van der Waals surface area contributed by atoms with Crippen LogP contribution in [0.1, 0.15) is 34.9 Å². The van der Waals surface area contributed by atoms with Crippen molar-refractivity contribution < 1.29 is 14.6 Å². The Labute approximate surface area is 205 Å². The Bertz CT molecular complexity index is 1380. The van der Waals surface area contributed by atoms with E-state index in [-0.39, 0.29) is 18.4 Å². The normalized spacial score (nSPS) is 16.7. The quantitative estimate of drug-likeness (QED) is 0.417. The van der Waals surface area contributed by atoms with Crippen molar-refractivity contribution in [1.82, 2.24) is 9.55 Å². The number of aliphatic hydroxyl groups is 1. The summed E-state index contributed by atoms with van der Waals surface area (Å²) in [5, 5.41) is 10.9. The molecule has 1 saturated heterocycles. The van der Waals surface area contributed by atoms with Crippen LogP contribution < -0.4 is 9.64 Å². The minimum absolute atomic E-state index is 0.0525. The fourth-order valence-electron chi connectivity index (χ4n) is 4.78. The van der Waals surface area contributed by atoms with Crippen LogP contribution >= 0.6 is 0 Å². The highest BCUT2D eigenvalue weighted by atomic mass is 16.5. The van der Waals surface area contributed by atoms with Gasteiger partial charge in [-0.2, -0.15) is 0 Å². The van der Waals surface area contributed by atoms with Crippen LogP contribution in [0.25, 0.3) is 11.0 Å². The standard InChI is InChI=1S/C29H31N3O3/c1-19-7-6-8-23(13-19)31-16-22(15-28(31)34)29-30-26-9-4-5-10-27(26)32(29)17-24(33)18-35-25-12-11-20(2)21(3)14-25/h4-14,22,24,33H,15-18H2,1-3H3/t22-,24+/m0/s1. The highest BCUT2D eigenvalue weighted by Gasteiger charge is 2.35. The van der Waals surface area contributed by atoms with E-state index in [1.165, 1.54) is 5.56 Å². The number of nitrogens with zero attached hydrogens (tertiary/aromatic N) is 3. The molecule has 6 nitrogen and oxygen atoms in total. The Hall–Kier alpha value is -3.64. The number of imidazole rings is 1. The molecule has 35 heavy (non-hydrogen) atoms. The molecule has 0 aliphatic carbocycles. The van der Waals surface area contributed by atoms with Crippen LogP contribution in [0.2, 0.25) is 0 Å². The van der Waals surface area contributed by atoms with Crippen LogP contribution in [-0.4, -0.2) is 39.8 Å². The van der Waals surface area contributed by atoms with Crippen molar-refractivity contribution in [3.05, 3.63) is 89.2 Å². The third-order valence-corrected chi connectivity index (χ3v) is 6.80. The molecule has 0 bridgehead atoms. The molecule has 1 N–H and O–H groups in total. The number of fused-ring (bicyclic) bond motifs is 1. The molecule has 1 aromatic heterocycles. The lowest BCUT2D eigenvalue weighted by Gasteiger charge is -2.19.